The molecule has 2 heteroatoms. The Labute approximate surface area is 60.3 Å². The van der Waals surface area contributed by atoms with E-state index in [2.05, 4.69) is 4.99 Å². The number of nitrogens with zero attached hydrogens (tertiary/aromatic N) is 1. The highest BCUT2D eigenvalue weighted by atomic mass is 16.1. The zero-order valence-corrected chi connectivity index (χ0v) is 5.97. The second-order valence-corrected chi connectivity index (χ2v) is 3.05. The highest BCUT2D eigenvalue weighted by Crippen LogP contribution is 2.24. The van der Waals surface area contributed by atoms with E-state index in [-0.39, 0.29) is 6.04 Å². The zero-order chi connectivity index (χ0) is 6.97. The fourth-order valence-corrected chi connectivity index (χ4v) is 1.51. The summed E-state index contributed by atoms with van der Waals surface area (Å²) in [7, 11) is 0. The molecule has 2 nitrogen and oxygen atoms in total. The molecule has 0 spiro atoms. The average Bonchev–Trinajstić information content (AvgIpc) is 2.62. The predicted molar refractivity (Wildman–Crippen MR) is 39.3 cm³/mol. The molecule has 0 aromatic heterocycles. The van der Waals surface area contributed by atoms with E-state index in [1.807, 2.05) is 0 Å². The Balaban J connectivity index is 1.98. The van der Waals surface area contributed by atoms with Crippen LogP contribution in [0.1, 0.15) is 32.1 Å². The van der Waals surface area contributed by atoms with Crippen LogP contribution in [0.15, 0.2) is 4.99 Å². The van der Waals surface area contributed by atoms with Crippen molar-refractivity contribution in [2.75, 3.05) is 0 Å². The molecule has 1 aliphatic carbocycles. The van der Waals surface area contributed by atoms with E-state index < -0.39 is 0 Å². The maximum Gasteiger partial charge on any atom is 0.163 e. The number of hydrogen-bond acceptors (Lipinski definition) is 2. The van der Waals surface area contributed by atoms with E-state index in [1.54, 1.807) is 0 Å². The molecule has 1 aliphatic heterocycles. The first kappa shape index (κ1) is 6.08. The Morgan fingerprint density at radius 2 is 2.00 bits per heavy atom. The summed E-state index contributed by atoms with van der Waals surface area (Å²) in [5.74, 6) is 0.356. The van der Waals surface area contributed by atoms with Crippen LogP contribution < -0.4 is 0 Å². The molecule has 0 aromatic rings. The van der Waals surface area contributed by atoms with E-state index >= 15 is 0 Å². The molecular formula is C8H11NO. The molecule has 54 valence electrons. The Morgan fingerprint density at radius 3 is 2.90 bits per heavy atom. The SMILES string of the molecule is O=C1CCCCCC2=N[C@@H]12. The Morgan fingerprint density at radius 1 is 1.20 bits per heavy atom. The summed E-state index contributed by atoms with van der Waals surface area (Å²) < 4.78 is 0. The lowest BCUT2D eigenvalue weighted by molar-refractivity contribution is -0.118. The van der Waals surface area contributed by atoms with Gasteiger partial charge in [-0.05, 0) is 19.3 Å². The quantitative estimate of drug-likeness (QED) is 0.495. The minimum atomic E-state index is 0.0558. The lowest BCUT2D eigenvalue weighted by Crippen LogP contribution is -2.14. The third-order valence-corrected chi connectivity index (χ3v) is 2.20. The second-order valence-electron chi connectivity index (χ2n) is 3.05. The van der Waals surface area contributed by atoms with Gasteiger partial charge in [-0.15, -0.1) is 0 Å². The van der Waals surface area contributed by atoms with E-state index in [4.69, 9.17) is 0 Å². The maximum absolute atomic E-state index is 11.1. The number of ketones is 1. The molecule has 1 fully saturated rings. The lowest BCUT2D eigenvalue weighted by atomic mass is 10.00. The van der Waals surface area contributed by atoms with Crippen molar-refractivity contribution in [2.45, 2.75) is 38.1 Å². The van der Waals surface area contributed by atoms with Gasteiger partial charge in [0.15, 0.2) is 5.78 Å². The molecule has 0 saturated heterocycles. The van der Waals surface area contributed by atoms with Crippen LogP contribution in [0, 0.1) is 0 Å². The van der Waals surface area contributed by atoms with Gasteiger partial charge in [-0.2, -0.15) is 0 Å². The highest BCUT2D eigenvalue weighted by Gasteiger charge is 2.34. The number of carbonyl (C=O) groups excluding carboxylic acids is 1. The number of rotatable bonds is 0. The third-order valence-electron chi connectivity index (χ3n) is 2.20. The van der Waals surface area contributed by atoms with E-state index in [1.165, 1.54) is 18.6 Å². The molecule has 1 heterocycles. The average molecular weight is 137 g/mol. The molecule has 0 aromatic carbocycles. The number of hydrogen-bond donors (Lipinski definition) is 0. The number of carbonyl (C=O) groups is 1. The Bertz CT molecular complexity index is 195. The molecule has 2 aliphatic rings. The van der Waals surface area contributed by atoms with Crippen LogP contribution in [0.25, 0.3) is 0 Å². The fraction of sp³-hybridized carbons (Fsp3) is 0.750. The van der Waals surface area contributed by atoms with Gasteiger partial charge in [0.2, 0.25) is 0 Å². The number of Topliss-reactive ketones (excluding diaryl/α,β-unsaturated/α-hetero) is 1. The van der Waals surface area contributed by atoms with E-state index in [9.17, 15) is 4.79 Å². The van der Waals surface area contributed by atoms with E-state index in [0.29, 0.717) is 5.78 Å². The van der Waals surface area contributed by atoms with Gasteiger partial charge < -0.3 is 0 Å². The maximum atomic E-state index is 11.1. The first-order valence-corrected chi connectivity index (χ1v) is 3.97. The first-order valence-electron chi connectivity index (χ1n) is 3.97. The van der Waals surface area contributed by atoms with Gasteiger partial charge in [-0.3, -0.25) is 9.79 Å². The van der Waals surface area contributed by atoms with Crippen molar-refractivity contribution in [3.8, 4) is 0 Å². The first-order chi connectivity index (χ1) is 4.88. The van der Waals surface area contributed by atoms with Crippen molar-refractivity contribution in [3.63, 3.8) is 0 Å². The van der Waals surface area contributed by atoms with Crippen LogP contribution in [0.4, 0.5) is 0 Å². The summed E-state index contributed by atoms with van der Waals surface area (Å²) in [6, 6.07) is 0.0558. The van der Waals surface area contributed by atoms with Crippen molar-refractivity contribution in [3.05, 3.63) is 0 Å². The Kier molecular flexibility index (Phi) is 1.33. The largest absolute Gasteiger partial charge is 0.297 e. The van der Waals surface area contributed by atoms with Crippen molar-refractivity contribution >= 4 is 11.5 Å². The molecule has 2 rings (SSSR count). The number of fused-ring (bicyclic) bond motifs is 1. The minimum Gasteiger partial charge on any atom is -0.297 e. The van der Waals surface area contributed by atoms with Crippen molar-refractivity contribution in [1.29, 1.82) is 0 Å². The summed E-state index contributed by atoms with van der Waals surface area (Å²) in [6.45, 7) is 0. The van der Waals surface area contributed by atoms with Crippen LogP contribution >= 0.6 is 0 Å². The molecule has 0 amide bonds. The summed E-state index contributed by atoms with van der Waals surface area (Å²) in [5, 5.41) is 0. The number of aliphatic imine (C=N–C) groups is 1. The lowest BCUT2D eigenvalue weighted by Gasteiger charge is -2.02. The molecule has 0 N–H and O–H groups in total. The van der Waals surface area contributed by atoms with Crippen molar-refractivity contribution < 1.29 is 4.79 Å². The topological polar surface area (TPSA) is 29.4 Å². The van der Waals surface area contributed by atoms with Crippen LogP contribution in [0.2, 0.25) is 0 Å². The van der Waals surface area contributed by atoms with Crippen molar-refractivity contribution in [2.24, 2.45) is 4.99 Å². The minimum absolute atomic E-state index is 0.0558. The standard InChI is InChI=1S/C8H11NO/c10-7-5-3-1-2-4-6-8(7)9-6/h8H,1-5H2/t8-/m1/s1. The molecule has 1 atom stereocenters. The molecule has 1 saturated carbocycles. The van der Waals surface area contributed by atoms with Gasteiger partial charge in [0, 0.05) is 12.1 Å². The van der Waals surface area contributed by atoms with Gasteiger partial charge in [-0.1, -0.05) is 6.42 Å². The van der Waals surface area contributed by atoms with E-state index in [0.717, 1.165) is 19.3 Å². The second kappa shape index (κ2) is 2.19. The molecular weight excluding hydrogens is 126 g/mol. The summed E-state index contributed by atoms with van der Waals surface area (Å²) in [4.78, 5) is 15.2. The Hall–Kier alpha value is -0.660. The van der Waals surface area contributed by atoms with Gasteiger partial charge in [0.1, 0.15) is 6.04 Å². The summed E-state index contributed by atoms with van der Waals surface area (Å²) in [5.41, 5.74) is 1.17. The monoisotopic (exact) mass is 137 g/mol. The van der Waals surface area contributed by atoms with Gasteiger partial charge in [-0.25, -0.2) is 0 Å². The predicted octanol–water partition coefficient (Wildman–Crippen LogP) is 1.34. The van der Waals surface area contributed by atoms with Crippen LogP contribution in [-0.4, -0.2) is 17.5 Å². The summed E-state index contributed by atoms with van der Waals surface area (Å²) in [6.07, 6.45) is 5.37. The zero-order valence-electron chi connectivity index (χ0n) is 5.97. The molecule has 0 radical (unpaired) electrons. The molecule has 0 unspecified atom stereocenters. The highest BCUT2D eigenvalue weighted by molar-refractivity contribution is 6.18. The van der Waals surface area contributed by atoms with Crippen LogP contribution in [0.3, 0.4) is 0 Å². The smallest absolute Gasteiger partial charge is 0.163 e. The van der Waals surface area contributed by atoms with Gasteiger partial charge in [0.05, 0.1) is 0 Å². The fourth-order valence-electron chi connectivity index (χ4n) is 1.51. The normalized spacial score (nSPS) is 31.8. The van der Waals surface area contributed by atoms with Crippen molar-refractivity contribution in [1.82, 2.24) is 0 Å². The van der Waals surface area contributed by atoms with Crippen LogP contribution in [0.5, 0.6) is 0 Å². The molecule has 10 heavy (non-hydrogen) atoms. The third kappa shape index (κ3) is 0.981. The van der Waals surface area contributed by atoms with Crippen LogP contribution in [-0.2, 0) is 4.79 Å². The van der Waals surface area contributed by atoms with Gasteiger partial charge >= 0.3 is 0 Å². The van der Waals surface area contributed by atoms with Gasteiger partial charge in [0.25, 0.3) is 0 Å². The molecule has 0 bridgehead atoms. The summed E-state index contributed by atoms with van der Waals surface area (Å²) >= 11 is 0.